The molecule has 1 aliphatic heterocycles. The Morgan fingerprint density at radius 2 is 1.76 bits per heavy atom. The van der Waals surface area contributed by atoms with Crippen LogP contribution in [0.25, 0.3) is 33.5 Å². The molecule has 1 unspecified atom stereocenters. The van der Waals surface area contributed by atoms with Crippen LogP contribution in [0.15, 0.2) is 84.0 Å². The number of ether oxygens (including phenoxy) is 1. The fourth-order valence-electron chi connectivity index (χ4n) is 6.13. The second-order valence-electron chi connectivity index (χ2n) is 11.3. The second-order valence-corrected chi connectivity index (χ2v) is 12.5. The lowest BCUT2D eigenvalue weighted by Crippen LogP contribution is -2.20. The van der Waals surface area contributed by atoms with Crippen molar-refractivity contribution in [2.45, 2.75) is 44.8 Å². The zero-order chi connectivity index (χ0) is 31.8. The molecule has 1 atom stereocenters. The molecule has 0 saturated heterocycles. The van der Waals surface area contributed by atoms with Crippen molar-refractivity contribution in [1.82, 2.24) is 14.3 Å². The van der Waals surface area contributed by atoms with Crippen molar-refractivity contribution in [1.29, 1.82) is 0 Å². The van der Waals surface area contributed by atoms with Crippen LogP contribution in [0.2, 0.25) is 5.02 Å². The number of aromatic carboxylic acids is 1. The first-order valence-electron chi connectivity index (χ1n) is 14.9. The Morgan fingerprint density at radius 1 is 1.00 bits per heavy atom. The summed E-state index contributed by atoms with van der Waals surface area (Å²) in [6, 6.07) is 22.7. The van der Waals surface area contributed by atoms with Crippen LogP contribution in [0.5, 0.6) is 5.75 Å². The van der Waals surface area contributed by atoms with E-state index in [4.69, 9.17) is 25.6 Å². The van der Waals surface area contributed by atoms with Crippen molar-refractivity contribution >= 4 is 45.7 Å². The van der Waals surface area contributed by atoms with Gasteiger partial charge in [0.25, 0.3) is 0 Å². The van der Waals surface area contributed by atoms with Crippen LogP contribution < -0.4 is 9.46 Å². The third kappa shape index (κ3) is 5.95. The molecule has 2 N–H and O–H groups in total. The maximum Gasteiger partial charge on any atom is 0.338 e. The molecular formula is C34H28ClFN4O5S. The number of amidine groups is 1. The number of carbonyl (C=O) groups is 1. The van der Waals surface area contributed by atoms with Gasteiger partial charge in [-0.25, -0.2) is 14.2 Å². The summed E-state index contributed by atoms with van der Waals surface area (Å²) in [5.74, 6) is -0.421. The van der Waals surface area contributed by atoms with Gasteiger partial charge in [-0.1, -0.05) is 55.1 Å². The molecule has 1 aromatic heterocycles. The minimum absolute atomic E-state index is 0.0976. The highest BCUT2D eigenvalue weighted by Crippen LogP contribution is 2.38. The fraction of sp³-hybridized carbons (Fsp3) is 0.206. The first kappa shape index (κ1) is 29.9. The lowest BCUT2D eigenvalue weighted by Gasteiger charge is -2.25. The summed E-state index contributed by atoms with van der Waals surface area (Å²) < 4.78 is 43.2. The number of hydrogen-bond acceptors (Lipinski definition) is 6. The molecule has 1 saturated carbocycles. The van der Waals surface area contributed by atoms with E-state index in [-0.39, 0.29) is 18.2 Å². The molecule has 0 spiro atoms. The normalized spacial score (nSPS) is 16.6. The van der Waals surface area contributed by atoms with E-state index in [1.54, 1.807) is 42.5 Å². The number of benzene rings is 4. The monoisotopic (exact) mass is 658 g/mol. The quantitative estimate of drug-likeness (QED) is 0.176. The van der Waals surface area contributed by atoms with Crippen molar-refractivity contribution in [3.05, 3.63) is 106 Å². The number of hydrogen-bond donors (Lipinski definition) is 2. The van der Waals surface area contributed by atoms with Gasteiger partial charge in [-0.15, -0.1) is 0 Å². The molecule has 5 aromatic rings. The molecular weight excluding hydrogens is 631 g/mol. The Bertz CT molecular complexity index is 2020. The van der Waals surface area contributed by atoms with Gasteiger partial charge in [-0.3, -0.25) is 9.01 Å². The van der Waals surface area contributed by atoms with Gasteiger partial charge in [-0.05, 0) is 83.2 Å². The predicted molar refractivity (Wildman–Crippen MR) is 174 cm³/mol. The number of imidazole rings is 1. The second kappa shape index (κ2) is 12.6. The molecule has 4 aromatic carbocycles. The third-order valence-electron chi connectivity index (χ3n) is 8.36. The van der Waals surface area contributed by atoms with Crippen molar-refractivity contribution in [2.75, 3.05) is 0 Å². The Labute approximate surface area is 271 Å². The van der Waals surface area contributed by atoms with Crippen LogP contribution in [0, 0.1) is 5.82 Å². The smallest absolute Gasteiger partial charge is 0.338 e. The van der Waals surface area contributed by atoms with Crippen LogP contribution in [-0.2, 0) is 22.2 Å². The number of fused-ring (bicyclic) bond motifs is 1. The summed E-state index contributed by atoms with van der Waals surface area (Å²) in [6.45, 7) is 0.0976. The number of carboxylic acids is 1. The van der Waals surface area contributed by atoms with E-state index in [1.807, 2.05) is 30.3 Å². The van der Waals surface area contributed by atoms with Crippen LogP contribution in [0.1, 0.15) is 59.6 Å². The van der Waals surface area contributed by atoms with Crippen LogP contribution in [0.3, 0.4) is 0 Å². The molecule has 7 rings (SSSR count). The lowest BCUT2D eigenvalue weighted by molar-refractivity contribution is 0.0697. The van der Waals surface area contributed by atoms with Crippen LogP contribution in [0.4, 0.5) is 4.39 Å². The summed E-state index contributed by atoms with van der Waals surface area (Å²) >= 11 is 4.37. The van der Waals surface area contributed by atoms with E-state index >= 15 is 4.39 Å². The molecule has 2 heterocycles. The molecule has 9 nitrogen and oxygen atoms in total. The number of rotatable bonds is 8. The summed E-state index contributed by atoms with van der Waals surface area (Å²) in [5.41, 5.74) is 4.96. The number of halogens is 2. The Balaban J connectivity index is 1.21. The van der Waals surface area contributed by atoms with E-state index in [2.05, 4.69) is 14.4 Å². The SMILES string of the molecule is O=C(O)c1ccc2c(c1)nc(-c1ccc(OCc3cc(C4=NOS(=O)N4)ccc3-c3ccc(Cl)cc3)cc1F)n2C1CCCCC1. The molecule has 12 heteroatoms. The highest BCUT2D eigenvalue weighted by molar-refractivity contribution is 7.79. The molecule has 234 valence electrons. The van der Waals surface area contributed by atoms with Crippen LogP contribution >= 0.6 is 11.6 Å². The van der Waals surface area contributed by atoms with Crippen molar-refractivity contribution in [3.63, 3.8) is 0 Å². The number of oxime groups is 1. The van der Waals surface area contributed by atoms with Gasteiger partial charge in [0.1, 0.15) is 24.0 Å². The maximum absolute atomic E-state index is 15.9. The average molecular weight is 659 g/mol. The summed E-state index contributed by atoms with van der Waals surface area (Å²) in [7, 11) is 0. The van der Waals surface area contributed by atoms with Gasteiger partial charge >= 0.3 is 17.2 Å². The molecule has 0 bridgehead atoms. The first-order chi connectivity index (χ1) is 22.3. The minimum atomic E-state index is -1.75. The number of aromatic nitrogens is 2. The third-order valence-corrected chi connectivity index (χ3v) is 9.18. The van der Waals surface area contributed by atoms with Crippen molar-refractivity contribution < 1.29 is 27.5 Å². The first-order valence-corrected chi connectivity index (χ1v) is 16.3. The molecule has 1 fully saturated rings. The number of nitrogens with zero attached hydrogens (tertiary/aromatic N) is 3. The predicted octanol–water partition coefficient (Wildman–Crippen LogP) is 7.81. The van der Waals surface area contributed by atoms with Gasteiger partial charge in [0, 0.05) is 22.7 Å². The summed E-state index contributed by atoms with van der Waals surface area (Å²) in [5, 5.41) is 14.0. The Morgan fingerprint density at radius 3 is 2.48 bits per heavy atom. The number of nitrogens with one attached hydrogen (secondary N) is 1. The number of carboxylic acid groups (broad SMARTS) is 1. The molecule has 1 aliphatic carbocycles. The van der Waals surface area contributed by atoms with Gasteiger partial charge in [0.15, 0.2) is 5.84 Å². The van der Waals surface area contributed by atoms with Gasteiger partial charge in [-0.2, -0.15) is 4.21 Å². The van der Waals surface area contributed by atoms with E-state index in [1.165, 1.54) is 6.07 Å². The maximum atomic E-state index is 15.9. The van der Waals surface area contributed by atoms with Gasteiger partial charge in [0.2, 0.25) is 0 Å². The lowest BCUT2D eigenvalue weighted by atomic mass is 9.94. The standard InChI is InChI=1S/C34H28ClFN4O5S/c35-24-10-6-20(7-11-24)27-13-8-21(32-38-45-46(43)39-32)16-23(27)19-44-26-12-14-28(29(36)18-26)33-37-30-17-22(34(41)42)9-15-31(30)40(33)25-4-2-1-3-5-25/h6-18,25H,1-5,19H2,(H,38,39)(H,41,42). The van der Waals surface area contributed by atoms with Crippen molar-refractivity contribution in [3.8, 4) is 28.3 Å². The van der Waals surface area contributed by atoms with Gasteiger partial charge in [0.05, 0.1) is 22.2 Å². The van der Waals surface area contributed by atoms with E-state index in [0.29, 0.717) is 39.1 Å². The van der Waals surface area contributed by atoms with E-state index < -0.39 is 23.1 Å². The summed E-state index contributed by atoms with van der Waals surface area (Å²) in [6.07, 6.45) is 5.18. The summed E-state index contributed by atoms with van der Waals surface area (Å²) in [4.78, 5) is 16.4. The molecule has 0 radical (unpaired) electrons. The van der Waals surface area contributed by atoms with E-state index in [0.717, 1.165) is 54.3 Å². The molecule has 2 aliphatic rings. The van der Waals surface area contributed by atoms with Gasteiger partial charge < -0.3 is 14.4 Å². The molecule has 46 heavy (non-hydrogen) atoms. The highest BCUT2D eigenvalue weighted by Gasteiger charge is 2.25. The highest BCUT2D eigenvalue weighted by atomic mass is 35.5. The largest absolute Gasteiger partial charge is 0.489 e. The van der Waals surface area contributed by atoms with Crippen LogP contribution in [-0.4, -0.2) is 30.7 Å². The Kier molecular flexibility index (Phi) is 8.18. The zero-order valence-electron chi connectivity index (χ0n) is 24.4. The topological polar surface area (TPSA) is 115 Å². The van der Waals surface area contributed by atoms with Crippen molar-refractivity contribution in [2.24, 2.45) is 5.16 Å². The average Bonchev–Trinajstić information content (AvgIpc) is 3.67. The Hall–Kier alpha value is -4.74. The zero-order valence-corrected chi connectivity index (χ0v) is 26.0. The van der Waals surface area contributed by atoms with E-state index in [9.17, 15) is 14.1 Å². The molecule has 0 amide bonds. The minimum Gasteiger partial charge on any atom is -0.489 e. The fourth-order valence-corrected chi connectivity index (χ4v) is 6.75.